The van der Waals surface area contributed by atoms with Crippen LogP contribution in [-0.4, -0.2) is 9.97 Å². The molecule has 0 aliphatic rings. The van der Waals surface area contributed by atoms with E-state index in [9.17, 15) is 0 Å². The lowest BCUT2D eigenvalue weighted by atomic mass is 10.1. The van der Waals surface area contributed by atoms with Gasteiger partial charge in [0.15, 0.2) is 0 Å². The van der Waals surface area contributed by atoms with E-state index in [0.29, 0.717) is 17.6 Å². The van der Waals surface area contributed by atoms with E-state index >= 15 is 0 Å². The van der Waals surface area contributed by atoms with Crippen molar-refractivity contribution in [2.24, 2.45) is 11.7 Å². The lowest BCUT2D eigenvalue weighted by Gasteiger charge is -2.09. The van der Waals surface area contributed by atoms with Crippen molar-refractivity contribution in [3.05, 3.63) is 17.6 Å². The number of hydrogen-bond acceptors (Lipinski definition) is 4. The quantitative estimate of drug-likeness (QED) is 0.759. The zero-order chi connectivity index (χ0) is 10.7. The molecule has 1 aromatic heterocycles. The number of aromatic nitrogens is 2. The molecule has 4 N–H and O–H groups in total. The average Bonchev–Trinajstić information content (AvgIpc) is 2.01. The van der Waals surface area contributed by atoms with E-state index in [1.165, 1.54) is 0 Å². The minimum absolute atomic E-state index is 0.163. The largest absolute Gasteiger partial charge is 0.384 e. The molecule has 1 unspecified atom stereocenters. The van der Waals surface area contributed by atoms with Crippen LogP contribution in [0.2, 0.25) is 0 Å². The van der Waals surface area contributed by atoms with Crippen LogP contribution < -0.4 is 11.5 Å². The Morgan fingerprint density at radius 3 is 2.43 bits per heavy atom. The zero-order valence-electron chi connectivity index (χ0n) is 8.99. The maximum Gasteiger partial charge on any atom is 0.147 e. The SMILES string of the molecule is CC(C)Cc1cc(N)nc(C(C)N)n1. The standard InChI is InChI=1S/C10H18N4/c1-6(2)4-8-5-9(12)14-10(13-8)7(3)11/h5-7H,4,11H2,1-3H3,(H2,12,13,14). The molecule has 14 heavy (non-hydrogen) atoms. The second-order valence-electron chi connectivity index (χ2n) is 4.03. The molecule has 0 spiro atoms. The molecule has 1 heterocycles. The molecule has 0 fully saturated rings. The van der Waals surface area contributed by atoms with Crippen molar-refractivity contribution < 1.29 is 0 Å². The Balaban J connectivity index is 2.95. The van der Waals surface area contributed by atoms with Gasteiger partial charge in [-0.2, -0.15) is 0 Å². The van der Waals surface area contributed by atoms with E-state index in [1.54, 1.807) is 0 Å². The first-order valence-electron chi connectivity index (χ1n) is 4.88. The summed E-state index contributed by atoms with van der Waals surface area (Å²) in [6.45, 7) is 6.14. The molecule has 0 radical (unpaired) electrons. The van der Waals surface area contributed by atoms with Gasteiger partial charge in [-0.05, 0) is 19.3 Å². The van der Waals surface area contributed by atoms with Gasteiger partial charge in [0.05, 0.1) is 6.04 Å². The summed E-state index contributed by atoms with van der Waals surface area (Å²) in [5.41, 5.74) is 12.3. The summed E-state index contributed by atoms with van der Waals surface area (Å²) >= 11 is 0. The molecule has 0 saturated heterocycles. The van der Waals surface area contributed by atoms with Crippen LogP contribution in [0.15, 0.2) is 6.07 Å². The summed E-state index contributed by atoms with van der Waals surface area (Å²) < 4.78 is 0. The van der Waals surface area contributed by atoms with Crippen molar-refractivity contribution in [2.75, 3.05) is 5.73 Å². The van der Waals surface area contributed by atoms with Crippen LogP contribution >= 0.6 is 0 Å². The summed E-state index contributed by atoms with van der Waals surface area (Å²) in [6.07, 6.45) is 0.909. The molecule has 1 atom stereocenters. The zero-order valence-corrected chi connectivity index (χ0v) is 8.99. The highest BCUT2D eigenvalue weighted by molar-refractivity contribution is 5.30. The lowest BCUT2D eigenvalue weighted by Crippen LogP contribution is -2.13. The van der Waals surface area contributed by atoms with Gasteiger partial charge >= 0.3 is 0 Å². The molecular formula is C10H18N4. The Bertz CT molecular complexity index is 307. The first kappa shape index (κ1) is 10.9. The number of nitrogens with two attached hydrogens (primary N) is 2. The van der Waals surface area contributed by atoms with Gasteiger partial charge in [0.1, 0.15) is 11.6 Å². The maximum absolute atomic E-state index is 5.70. The first-order chi connectivity index (χ1) is 6.49. The summed E-state index contributed by atoms with van der Waals surface area (Å²) in [7, 11) is 0. The molecule has 4 nitrogen and oxygen atoms in total. The minimum Gasteiger partial charge on any atom is -0.384 e. The Kier molecular flexibility index (Phi) is 3.41. The highest BCUT2D eigenvalue weighted by Gasteiger charge is 2.07. The van der Waals surface area contributed by atoms with E-state index in [2.05, 4.69) is 23.8 Å². The molecule has 78 valence electrons. The molecule has 0 aliphatic carbocycles. The molecule has 0 saturated carbocycles. The third-order valence-corrected chi connectivity index (χ3v) is 1.84. The van der Waals surface area contributed by atoms with Gasteiger partial charge in [0, 0.05) is 11.8 Å². The molecule has 0 aliphatic heterocycles. The van der Waals surface area contributed by atoms with Crippen molar-refractivity contribution in [2.45, 2.75) is 33.2 Å². The monoisotopic (exact) mass is 194 g/mol. The van der Waals surface area contributed by atoms with Crippen molar-refractivity contribution in [3.8, 4) is 0 Å². The fraction of sp³-hybridized carbons (Fsp3) is 0.600. The summed E-state index contributed by atoms with van der Waals surface area (Å²) in [6, 6.07) is 1.65. The molecule has 1 aromatic rings. The molecule has 1 rings (SSSR count). The third-order valence-electron chi connectivity index (χ3n) is 1.84. The Morgan fingerprint density at radius 2 is 1.93 bits per heavy atom. The molecule has 4 heteroatoms. The minimum atomic E-state index is -0.163. The van der Waals surface area contributed by atoms with Gasteiger partial charge in [0.25, 0.3) is 0 Å². The number of nitrogen functional groups attached to an aromatic ring is 1. The molecular weight excluding hydrogens is 176 g/mol. The van der Waals surface area contributed by atoms with Gasteiger partial charge in [0.2, 0.25) is 0 Å². The smallest absolute Gasteiger partial charge is 0.147 e. The first-order valence-corrected chi connectivity index (χ1v) is 4.88. The highest BCUT2D eigenvalue weighted by atomic mass is 15.0. The molecule has 0 aromatic carbocycles. The number of rotatable bonds is 3. The molecule has 0 amide bonds. The predicted octanol–water partition coefficient (Wildman–Crippen LogP) is 1.28. The number of nitrogens with zero attached hydrogens (tertiary/aromatic N) is 2. The van der Waals surface area contributed by atoms with Gasteiger partial charge in [-0.1, -0.05) is 13.8 Å². The fourth-order valence-electron chi connectivity index (χ4n) is 1.27. The van der Waals surface area contributed by atoms with Crippen LogP contribution in [0, 0.1) is 5.92 Å². The second kappa shape index (κ2) is 4.37. The Hall–Kier alpha value is -1.16. The summed E-state index contributed by atoms with van der Waals surface area (Å²) in [4.78, 5) is 8.44. The fourth-order valence-corrected chi connectivity index (χ4v) is 1.27. The van der Waals surface area contributed by atoms with Crippen LogP contribution in [0.1, 0.15) is 38.3 Å². The van der Waals surface area contributed by atoms with E-state index in [-0.39, 0.29) is 6.04 Å². The Labute approximate surface area is 84.7 Å². The molecule has 0 bridgehead atoms. The summed E-state index contributed by atoms with van der Waals surface area (Å²) in [5.74, 6) is 1.69. The maximum atomic E-state index is 5.70. The van der Waals surface area contributed by atoms with Gasteiger partial charge in [-0.3, -0.25) is 0 Å². The Morgan fingerprint density at radius 1 is 1.29 bits per heavy atom. The van der Waals surface area contributed by atoms with Gasteiger partial charge in [-0.25, -0.2) is 9.97 Å². The topological polar surface area (TPSA) is 77.8 Å². The predicted molar refractivity (Wildman–Crippen MR) is 57.6 cm³/mol. The van der Waals surface area contributed by atoms with Crippen molar-refractivity contribution in [1.82, 2.24) is 9.97 Å². The van der Waals surface area contributed by atoms with E-state index < -0.39 is 0 Å². The average molecular weight is 194 g/mol. The van der Waals surface area contributed by atoms with Crippen LogP contribution in [0.3, 0.4) is 0 Å². The van der Waals surface area contributed by atoms with Crippen molar-refractivity contribution >= 4 is 5.82 Å². The normalized spacial score (nSPS) is 13.2. The van der Waals surface area contributed by atoms with Crippen molar-refractivity contribution in [1.29, 1.82) is 0 Å². The van der Waals surface area contributed by atoms with Crippen LogP contribution in [0.4, 0.5) is 5.82 Å². The van der Waals surface area contributed by atoms with E-state index in [4.69, 9.17) is 11.5 Å². The van der Waals surface area contributed by atoms with E-state index in [1.807, 2.05) is 13.0 Å². The number of anilines is 1. The van der Waals surface area contributed by atoms with E-state index in [0.717, 1.165) is 12.1 Å². The van der Waals surface area contributed by atoms with Crippen LogP contribution in [0.25, 0.3) is 0 Å². The number of hydrogen-bond donors (Lipinski definition) is 2. The summed E-state index contributed by atoms with van der Waals surface area (Å²) in [5, 5.41) is 0. The lowest BCUT2D eigenvalue weighted by molar-refractivity contribution is 0.624. The van der Waals surface area contributed by atoms with Crippen molar-refractivity contribution in [3.63, 3.8) is 0 Å². The van der Waals surface area contributed by atoms with Gasteiger partial charge < -0.3 is 11.5 Å². The highest BCUT2D eigenvalue weighted by Crippen LogP contribution is 2.11. The van der Waals surface area contributed by atoms with Crippen LogP contribution in [0.5, 0.6) is 0 Å². The van der Waals surface area contributed by atoms with Crippen LogP contribution in [-0.2, 0) is 6.42 Å². The second-order valence-corrected chi connectivity index (χ2v) is 4.03. The van der Waals surface area contributed by atoms with Gasteiger partial charge in [-0.15, -0.1) is 0 Å². The third kappa shape index (κ3) is 2.96.